The molecule has 1 aromatic heterocycles. The van der Waals surface area contributed by atoms with Gasteiger partial charge in [-0.3, -0.25) is 0 Å². The van der Waals surface area contributed by atoms with Gasteiger partial charge in [0.05, 0.1) is 7.11 Å². The van der Waals surface area contributed by atoms with E-state index in [1.165, 1.54) is 19.2 Å². The minimum Gasteiger partial charge on any atom is -0.494 e. The van der Waals surface area contributed by atoms with Gasteiger partial charge < -0.3 is 14.4 Å². The molecule has 0 aliphatic heterocycles. The van der Waals surface area contributed by atoms with Crippen LogP contribution in [0.3, 0.4) is 0 Å². The van der Waals surface area contributed by atoms with E-state index in [1.54, 1.807) is 0 Å². The van der Waals surface area contributed by atoms with Gasteiger partial charge in [-0.1, -0.05) is 0 Å². The molecule has 17 heavy (non-hydrogen) atoms. The number of aromatic nitrogens is 2. The van der Waals surface area contributed by atoms with Crippen molar-refractivity contribution < 1.29 is 23.6 Å². The highest BCUT2D eigenvalue weighted by Crippen LogP contribution is 2.24. The van der Waals surface area contributed by atoms with E-state index in [4.69, 9.17) is 14.4 Å². The summed E-state index contributed by atoms with van der Waals surface area (Å²) in [5, 5.41) is 11.8. The molecule has 1 heterocycles. The molecule has 88 valence electrons. The average molecular weight is 238 g/mol. The van der Waals surface area contributed by atoms with Crippen molar-refractivity contribution in [2.75, 3.05) is 7.11 Å². The van der Waals surface area contributed by atoms with Crippen molar-refractivity contribution in [3.63, 3.8) is 0 Å². The number of rotatable bonds is 3. The summed E-state index contributed by atoms with van der Waals surface area (Å²) in [6.07, 6.45) is 0. The molecule has 6 nitrogen and oxygen atoms in total. The van der Waals surface area contributed by atoms with Gasteiger partial charge in [0.15, 0.2) is 11.6 Å². The lowest BCUT2D eigenvalue weighted by Crippen LogP contribution is -1.98. The Bertz CT molecular complexity index is 567. The molecular weight excluding hydrogens is 231 g/mol. The molecule has 0 unspecified atom stereocenters. The molecule has 7 heteroatoms. The van der Waals surface area contributed by atoms with E-state index in [-0.39, 0.29) is 17.2 Å². The fraction of sp³-hybridized carbons (Fsp3) is 0.100. The lowest BCUT2D eigenvalue weighted by atomic mass is 10.2. The summed E-state index contributed by atoms with van der Waals surface area (Å²) < 4.78 is 22.8. The van der Waals surface area contributed by atoms with Crippen LogP contribution in [-0.4, -0.2) is 28.3 Å². The molecule has 0 saturated heterocycles. The van der Waals surface area contributed by atoms with Gasteiger partial charge in [0, 0.05) is 5.56 Å². The number of ether oxygens (including phenoxy) is 1. The molecule has 0 spiro atoms. The third-order valence-electron chi connectivity index (χ3n) is 2.02. The second-order valence-electron chi connectivity index (χ2n) is 3.08. The lowest BCUT2D eigenvalue weighted by molar-refractivity contribution is 0.0680. The highest BCUT2D eigenvalue weighted by Gasteiger charge is 2.15. The zero-order valence-electron chi connectivity index (χ0n) is 8.68. The average Bonchev–Trinajstić information content (AvgIpc) is 2.78. The van der Waals surface area contributed by atoms with Crippen molar-refractivity contribution in [2.45, 2.75) is 0 Å². The number of methoxy groups -OCH3 is 1. The van der Waals surface area contributed by atoms with Gasteiger partial charge >= 0.3 is 5.97 Å². The monoisotopic (exact) mass is 238 g/mol. The van der Waals surface area contributed by atoms with E-state index in [1.807, 2.05) is 0 Å². The molecule has 2 aromatic rings. The molecule has 0 bridgehead atoms. The van der Waals surface area contributed by atoms with Gasteiger partial charge in [0.2, 0.25) is 0 Å². The number of carbonyl (C=O) groups is 1. The highest BCUT2D eigenvalue weighted by molar-refractivity contribution is 5.83. The van der Waals surface area contributed by atoms with Gasteiger partial charge in [-0.25, -0.2) is 9.18 Å². The maximum Gasteiger partial charge on any atom is 0.377 e. The first-order chi connectivity index (χ1) is 8.11. The molecule has 0 saturated carbocycles. The SMILES string of the molecule is COc1ccc(-c2nc(C(=O)O)no2)cc1F. The standard InChI is InChI=1S/C10H7FN2O4/c1-16-7-3-2-5(4-6(7)11)9-12-8(10(14)15)13-17-9/h2-4H,1H3,(H,14,15). The molecule has 1 N–H and O–H groups in total. The predicted molar refractivity (Wildman–Crippen MR) is 53.2 cm³/mol. The topological polar surface area (TPSA) is 85.5 Å². The Labute approximate surface area is 94.6 Å². The van der Waals surface area contributed by atoms with Crippen LogP contribution in [-0.2, 0) is 0 Å². The van der Waals surface area contributed by atoms with Crippen molar-refractivity contribution in [2.24, 2.45) is 0 Å². The number of hydrogen-bond acceptors (Lipinski definition) is 5. The fourth-order valence-corrected chi connectivity index (χ4v) is 1.23. The molecular formula is C10H7FN2O4. The zero-order valence-corrected chi connectivity index (χ0v) is 8.68. The van der Waals surface area contributed by atoms with Gasteiger partial charge in [-0.15, -0.1) is 0 Å². The van der Waals surface area contributed by atoms with Crippen molar-refractivity contribution in [1.29, 1.82) is 0 Å². The van der Waals surface area contributed by atoms with E-state index >= 15 is 0 Å². The first-order valence-corrected chi connectivity index (χ1v) is 4.52. The first kappa shape index (κ1) is 11.1. The summed E-state index contributed by atoms with van der Waals surface area (Å²) in [5.41, 5.74) is 0.281. The van der Waals surface area contributed by atoms with E-state index in [0.29, 0.717) is 0 Å². The summed E-state index contributed by atoms with van der Waals surface area (Å²) in [6, 6.07) is 3.99. The Hall–Kier alpha value is -2.44. The summed E-state index contributed by atoms with van der Waals surface area (Å²) in [5.74, 6) is -2.37. The largest absolute Gasteiger partial charge is 0.494 e. The summed E-state index contributed by atoms with van der Waals surface area (Å²) in [4.78, 5) is 14.1. The van der Waals surface area contributed by atoms with Crippen LogP contribution in [0.1, 0.15) is 10.6 Å². The van der Waals surface area contributed by atoms with Crippen LogP contribution in [0.2, 0.25) is 0 Å². The van der Waals surface area contributed by atoms with Crippen LogP contribution < -0.4 is 4.74 Å². The lowest BCUT2D eigenvalue weighted by Gasteiger charge is -2.01. The number of carboxylic acids is 1. The van der Waals surface area contributed by atoms with Crippen LogP contribution in [0.5, 0.6) is 5.75 Å². The Kier molecular flexibility index (Phi) is 2.73. The van der Waals surface area contributed by atoms with E-state index in [9.17, 15) is 9.18 Å². The quantitative estimate of drug-likeness (QED) is 0.873. The Morgan fingerprint density at radius 2 is 2.29 bits per heavy atom. The fourth-order valence-electron chi connectivity index (χ4n) is 1.23. The normalized spacial score (nSPS) is 10.2. The van der Waals surface area contributed by atoms with Crippen LogP contribution in [0.4, 0.5) is 4.39 Å². The first-order valence-electron chi connectivity index (χ1n) is 4.52. The number of nitrogens with zero attached hydrogens (tertiary/aromatic N) is 2. The summed E-state index contributed by atoms with van der Waals surface area (Å²) >= 11 is 0. The van der Waals surface area contributed by atoms with Gasteiger partial charge in [0.25, 0.3) is 11.7 Å². The molecule has 0 atom stereocenters. The number of aromatic carboxylic acids is 1. The van der Waals surface area contributed by atoms with E-state index in [0.717, 1.165) is 6.07 Å². The van der Waals surface area contributed by atoms with Crippen LogP contribution in [0.15, 0.2) is 22.7 Å². The number of hydrogen-bond donors (Lipinski definition) is 1. The van der Waals surface area contributed by atoms with E-state index in [2.05, 4.69) is 10.1 Å². The Morgan fingerprint density at radius 3 is 2.82 bits per heavy atom. The minimum absolute atomic E-state index is 0.0658. The summed E-state index contributed by atoms with van der Waals surface area (Å²) in [6.45, 7) is 0. The van der Waals surface area contributed by atoms with Crippen LogP contribution in [0.25, 0.3) is 11.5 Å². The van der Waals surface area contributed by atoms with Crippen LogP contribution >= 0.6 is 0 Å². The Morgan fingerprint density at radius 1 is 1.53 bits per heavy atom. The third-order valence-corrected chi connectivity index (χ3v) is 2.02. The van der Waals surface area contributed by atoms with Crippen molar-refractivity contribution in [3.8, 4) is 17.2 Å². The van der Waals surface area contributed by atoms with E-state index < -0.39 is 17.6 Å². The van der Waals surface area contributed by atoms with Gasteiger partial charge in [-0.2, -0.15) is 4.98 Å². The molecule has 0 radical (unpaired) electrons. The smallest absolute Gasteiger partial charge is 0.377 e. The molecule has 0 aliphatic carbocycles. The Balaban J connectivity index is 2.39. The molecule has 0 aliphatic rings. The summed E-state index contributed by atoms with van der Waals surface area (Å²) in [7, 11) is 1.34. The maximum absolute atomic E-state index is 13.4. The molecule has 0 fully saturated rings. The third kappa shape index (κ3) is 2.07. The van der Waals surface area contributed by atoms with Crippen molar-refractivity contribution in [1.82, 2.24) is 10.1 Å². The minimum atomic E-state index is -1.31. The second kappa shape index (κ2) is 4.20. The number of benzene rings is 1. The van der Waals surface area contributed by atoms with Gasteiger partial charge in [0.1, 0.15) is 0 Å². The zero-order chi connectivity index (χ0) is 12.4. The van der Waals surface area contributed by atoms with Crippen molar-refractivity contribution in [3.05, 3.63) is 29.8 Å². The second-order valence-corrected chi connectivity index (χ2v) is 3.08. The number of carboxylic acid groups (broad SMARTS) is 1. The van der Waals surface area contributed by atoms with Gasteiger partial charge in [-0.05, 0) is 23.4 Å². The molecule has 1 aromatic carbocycles. The van der Waals surface area contributed by atoms with Crippen LogP contribution in [0, 0.1) is 5.82 Å². The molecule has 2 rings (SSSR count). The highest BCUT2D eigenvalue weighted by atomic mass is 19.1. The molecule has 0 amide bonds. The number of halogens is 1. The predicted octanol–water partition coefficient (Wildman–Crippen LogP) is 1.58. The van der Waals surface area contributed by atoms with Crippen molar-refractivity contribution >= 4 is 5.97 Å². The maximum atomic E-state index is 13.4.